The van der Waals surface area contributed by atoms with E-state index in [2.05, 4.69) is 90.8 Å². The van der Waals surface area contributed by atoms with Gasteiger partial charge in [0.1, 0.15) is 12.6 Å². The molecule has 10 heteroatoms. The maximum atomic E-state index is 14.4. The first-order chi connectivity index (χ1) is 23.4. The smallest absolute Gasteiger partial charge is 0.408 e. The van der Waals surface area contributed by atoms with Gasteiger partial charge in [-0.3, -0.25) is 4.79 Å². The lowest BCUT2D eigenvalue weighted by molar-refractivity contribution is -0.139. The monoisotopic (exact) mass is 718 g/mol. The summed E-state index contributed by atoms with van der Waals surface area (Å²) in [5.41, 5.74) is 0.803. The fraction of sp³-hybridized carbons (Fsp3) is 0.450. The molecule has 3 aromatic rings. The second kappa shape index (κ2) is 17.1. The third-order valence-electron chi connectivity index (χ3n) is 9.82. The zero-order valence-electron chi connectivity index (χ0n) is 31.6. The molecule has 0 unspecified atom stereocenters. The normalized spacial score (nSPS) is 14.9. The SMILES string of the molecule is C=C[C@H](O[Si](C)(C)C(C)(C)C)[C@@H](CO[Si](c1ccccc1)(c1ccccc1)C(C)(C)C)N(C)C(=O)[C@@H](NC(=O)OCc1ccccc1)[C@@H](C)O. The van der Waals surface area contributed by atoms with Gasteiger partial charge in [0.2, 0.25) is 5.91 Å². The third-order valence-corrected chi connectivity index (χ3v) is 19.3. The summed E-state index contributed by atoms with van der Waals surface area (Å²) in [5, 5.41) is 15.2. The molecule has 0 heterocycles. The molecule has 0 aliphatic rings. The molecule has 272 valence electrons. The lowest BCUT2D eigenvalue weighted by atomic mass is 10.1. The van der Waals surface area contributed by atoms with Crippen molar-refractivity contribution in [1.82, 2.24) is 10.2 Å². The van der Waals surface area contributed by atoms with Crippen LogP contribution < -0.4 is 15.7 Å². The van der Waals surface area contributed by atoms with Gasteiger partial charge in [-0.25, -0.2) is 4.79 Å². The molecule has 0 aromatic heterocycles. The molecule has 4 atom stereocenters. The number of amides is 2. The fourth-order valence-electron chi connectivity index (χ4n) is 5.86. The molecule has 0 aliphatic heterocycles. The third kappa shape index (κ3) is 9.82. The summed E-state index contributed by atoms with van der Waals surface area (Å²) in [7, 11) is -3.74. The highest BCUT2D eigenvalue weighted by atomic mass is 28.4. The number of aliphatic hydroxyl groups is 1. The molecule has 0 fully saturated rings. The van der Waals surface area contributed by atoms with Crippen molar-refractivity contribution in [2.45, 2.75) is 103 Å². The van der Waals surface area contributed by atoms with Gasteiger partial charge in [-0.05, 0) is 46.0 Å². The van der Waals surface area contributed by atoms with Crippen molar-refractivity contribution in [2.75, 3.05) is 13.7 Å². The van der Waals surface area contributed by atoms with E-state index in [0.29, 0.717) is 0 Å². The number of nitrogens with zero attached hydrogens (tertiary/aromatic N) is 1. The Morgan fingerprint density at radius 3 is 1.76 bits per heavy atom. The van der Waals surface area contributed by atoms with Crippen LogP contribution in [-0.4, -0.2) is 76.6 Å². The minimum absolute atomic E-state index is 0.0249. The molecule has 3 aromatic carbocycles. The maximum absolute atomic E-state index is 14.4. The molecule has 2 amide bonds. The van der Waals surface area contributed by atoms with E-state index < -0.39 is 52.9 Å². The highest BCUT2D eigenvalue weighted by Crippen LogP contribution is 2.39. The van der Waals surface area contributed by atoms with E-state index in [0.717, 1.165) is 15.9 Å². The lowest BCUT2D eigenvalue weighted by Crippen LogP contribution is -2.68. The minimum atomic E-state index is -3.02. The van der Waals surface area contributed by atoms with Crippen LogP contribution in [-0.2, 0) is 25.0 Å². The van der Waals surface area contributed by atoms with Crippen LogP contribution >= 0.6 is 0 Å². The highest BCUT2D eigenvalue weighted by Gasteiger charge is 2.51. The van der Waals surface area contributed by atoms with Gasteiger partial charge < -0.3 is 28.9 Å². The van der Waals surface area contributed by atoms with Gasteiger partial charge in [-0.15, -0.1) is 6.58 Å². The molecule has 50 heavy (non-hydrogen) atoms. The number of likely N-dealkylation sites (N-methyl/N-ethyl adjacent to an activating group) is 1. The summed E-state index contributed by atoms with van der Waals surface area (Å²) in [4.78, 5) is 28.8. The van der Waals surface area contributed by atoms with E-state index >= 15 is 0 Å². The minimum Gasteiger partial charge on any atom is -0.445 e. The first kappa shape index (κ1) is 40.9. The molecule has 0 bridgehead atoms. The summed E-state index contributed by atoms with van der Waals surface area (Å²) < 4.78 is 19.7. The maximum Gasteiger partial charge on any atom is 0.408 e. The van der Waals surface area contributed by atoms with Crippen LogP contribution in [0.15, 0.2) is 104 Å². The zero-order valence-corrected chi connectivity index (χ0v) is 33.6. The molecule has 2 N–H and O–H groups in total. The highest BCUT2D eigenvalue weighted by molar-refractivity contribution is 6.99. The number of benzene rings is 3. The number of rotatable bonds is 15. The Kier molecular flexibility index (Phi) is 14.0. The van der Waals surface area contributed by atoms with Crippen LogP contribution in [0.3, 0.4) is 0 Å². The number of ether oxygens (including phenoxy) is 1. The molecular weight excluding hydrogens is 661 g/mol. The van der Waals surface area contributed by atoms with Crippen LogP contribution in [0.5, 0.6) is 0 Å². The van der Waals surface area contributed by atoms with E-state index in [4.69, 9.17) is 13.6 Å². The van der Waals surface area contributed by atoms with Gasteiger partial charge in [-0.1, -0.05) is 139 Å². The number of aliphatic hydroxyl groups excluding tert-OH is 1. The van der Waals surface area contributed by atoms with E-state index in [1.165, 1.54) is 11.8 Å². The van der Waals surface area contributed by atoms with Crippen molar-refractivity contribution in [2.24, 2.45) is 0 Å². The van der Waals surface area contributed by atoms with Gasteiger partial charge in [0, 0.05) is 7.05 Å². The Morgan fingerprint density at radius 1 is 0.860 bits per heavy atom. The predicted molar refractivity (Wildman–Crippen MR) is 208 cm³/mol. The molecule has 0 saturated carbocycles. The Bertz CT molecular complexity index is 1480. The molecule has 0 aliphatic carbocycles. The molecule has 0 radical (unpaired) electrons. The second-order valence-electron chi connectivity index (χ2n) is 15.5. The van der Waals surface area contributed by atoms with Crippen molar-refractivity contribution in [3.05, 3.63) is 109 Å². The van der Waals surface area contributed by atoms with Crippen LogP contribution in [0, 0.1) is 0 Å². The molecule has 8 nitrogen and oxygen atoms in total. The number of alkyl carbamates (subject to hydrolysis) is 1. The zero-order chi connectivity index (χ0) is 37.3. The number of hydrogen-bond donors (Lipinski definition) is 2. The fourth-order valence-corrected chi connectivity index (χ4v) is 11.7. The Hall–Kier alpha value is -3.55. The van der Waals surface area contributed by atoms with Crippen LogP contribution in [0.2, 0.25) is 23.2 Å². The standard InChI is InChI=1S/C40H58N2O6Si2/c1-12-35(48-49(10,11)39(3,4)5)34(42(9)37(44)36(30(2)43)41-38(45)46-28-31-22-16-13-17-23-31)29-47-50(40(6,7)8,32-24-18-14-19-25-32)33-26-20-15-21-27-33/h12-27,30,34-36,43H,1,28-29H2,2-11H3,(H,41,45)/t30-,34-,35+,36+/m1/s1. The van der Waals surface area contributed by atoms with Crippen LogP contribution in [0.25, 0.3) is 0 Å². The number of carbonyl (C=O) groups excluding carboxylic acids is 2. The topological polar surface area (TPSA) is 97.3 Å². The molecular formula is C40H58N2O6Si2. The summed E-state index contributed by atoms with van der Waals surface area (Å²) in [6.07, 6.45) is -0.888. The summed E-state index contributed by atoms with van der Waals surface area (Å²) in [6.45, 7) is 23.2. The van der Waals surface area contributed by atoms with Crippen LogP contribution in [0.1, 0.15) is 54.0 Å². The van der Waals surface area contributed by atoms with Crippen molar-refractivity contribution in [3.63, 3.8) is 0 Å². The van der Waals surface area contributed by atoms with Crippen molar-refractivity contribution >= 4 is 39.0 Å². The Balaban J connectivity index is 2.06. The summed E-state index contributed by atoms with van der Waals surface area (Å²) in [5.74, 6) is -0.501. The summed E-state index contributed by atoms with van der Waals surface area (Å²) in [6, 6.07) is 28.0. The van der Waals surface area contributed by atoms with Gasteiger partial charge >= 0.3 is 6.09 Å². The molecule has 0 saturated heterocycles. The first-order valence-electron chi connectivity index (χ1n) is 17.3. The van der Waals surface area contributed by atoms with Gasteiger partial charge in [0.25, 0.3) is 8.32 Å². The van der Waals surface area contributed by atoms with Crippen LogP contribution in [0.4, 0.5) is 4.79 Å². The average Bonchev–Trinajstić information content (AvgIpc) is 3.07. The predicted octanol–water partition coefficient (Wildman–Crippen LogP) is 6.64. The van der Waals surface area contributed by atoms with Crippen molar-refractivity contribution < 1.29 is 28.3 Å². The van der Waals surface area contributed by atoms with Crippen molar-refractivity contribution in [3.8, 4) is 0 Å². The number of carbonyl (C=O) groups is 2. The van der Waals surface area contributed by atoms with E-state index in [1.54, 1.807) is 13.1 Å². The molecule has 0 spiro atoms. The lowest BCUT2D eigenvalue weighted by Gasteiger charge is -2.46. The first-order valence-corrected chi connectivity index (χ1v) is 22.1. The number of nitrogens with one attached hydrogen (secondary N) is 1. The van der Waals surface area contributed by atoms with Gasteiger partial charge in [0.15, 0.2) is 8.32 Å². The van der Waals surface area contributed by atoms with Gasteiger partial charge in [-0.2, -0.15) is 0 Å². The van der Waals surface area contributed by atoms with E-state index in [9.17, 15) is 14.7 Å². The Labute approximate surface area is 302 Å². The second-order valence-corrected chi connectivity index (χ2v) is 24.6. The summed E-state index contributed by atoms with van der Waals surface area (Å²) >= 11 is 0. The largest absolute Gasteiger partial charge is 0.445 e. The van der Waals surface area contributed by atoms with E-state index in [-0.39, 0.29) is 23.3 Å². The van der Waals surface area contributed by atoms with Gasteiger partial charge in [0.05, 0.1) is 24.9 Å². The molecule has 3 rings (SSSR count). The quantitative estimate of drug-likeness (QED) is 0.135. The number of hydrogen-bond acceptors (Lipinski definition) is 6. The van der Waals surface area contributed by atoms with E-state index in [1.807, 2.05) is 66.7 Å². The Morgan fingerprint density at radius 2 is 1.34 bits per heavy atom. The average molecular weight is 719 g/mol. The van der Waals surface area contributed by atoms with Crippen molar-refractivity contribution in [1.29, 1.82) is 0 Å².